The summed E-state index contributed by atoms with van der Waals surface area (Å²) in [4.78, 5) is 15.1. The van der Waals surface area contributed by atoms with Gasteiger partial charge in [0, 0.05) is 10.1 Å². The van der Waals surface area contributed by atoms with Crippen LogP contribution in [0.3, 0.4) is 0 Å². The molecule has 3 heteroatoms. The van der Waals surface area contributed by atoms with Crippen molar-refractivity contribution >= 4 is 21.4 Å². The van der Waals surface area contributed by atoms with Crippen molar-refractivity contribution < 1.29 is 0 Å². The summed E-state index contributed by atoms with van der Waals surface area (Å²) >= 11 is 1.20. The van der Waals surface area contributed by atoms with E-state index in [1.54, 1.807) is 0 Å². The normalized spacial score (nSPS) is 10.5. The van der Waals surface area contributed by atoms with E-state index in [0.29, 0.717) is 0 Å². The van der Waals surface area contributed by atoms with Crippen LogP contribution in [0.5, 0.6) is 0 Å². The zero-order valence-corrected chi connectivity index (χ0v) is 8.10. The van der Waals surface area contributed by atoms with Crippen LogP contribution in [0.4, 0.5) is 0 Å². The fraction of sp³-hybridized carbons (Fsp3) is 0.200. The number of hydrogen-bond acceptors (Lipinski definition) is 3. The first kappa shape index (κ1) is 8.38. The van der Waals surface area contributed by atoms with Crippen LogP contribution in [-0.4, -0.2) is 4.98 Å². The lowest BCUT2D eigenvalue weighted by Crippen LogP contribution is -2.03. The van der Waals surface area contributed by atoms with Crippen molar-refractivity contribution in [2.75, 3.05) is 0 Å². The molecule has 0 unspecified atom stereocenters. The van der Waals surface area contributed by atoms with Gasteiger partial charge in [-0.05, 0) is 12.5 Å². The molecule has 2 rings (SSSR count). The number of aryl methyl sites for hydroxylation is 1. The summed E-state index contributed by atoms with van der Waals surface area (Å²) in [5.41, 5.74) is 0.902. The highest BCUT2D eigenvalue weighted by atomic mass is 32.1. The van der Waals surface area contributed by atoms with E-state index in [-0.39, 0.29) is 4.87 Å². The van der Waals surface area contributed by atoms with Crippen LogP contribution in [-0.2, 0) is 6.42 Å². The van der Waals surface area contributed by atoms with Gasteiger partial charge in [0.15, 0.2) is 0 Å². The molecule has 0 aliphatic heterocycles. The molecule has 0 saturated carbocycles. The third-order valence-corrected chi connectivity index (χ3v) is 2.80. The lowest BCUT2D eigenvalue weighted by Gasteiger charge is -1.99. The molecule has 0 saturated heterocycles. The molecule has 13 heavy (non-hydrogen) atoms. The Morgan fingerprint density at radius 2 is 2.15 bits per heavy atom. The van der Waals surface area contributed by atoms with Crippen LogP contribution in [0, 0.1) is 0 Å². The highest BCUT2D eigenvalue weighted by Gasteiger charge is 2.01. The zero-order valence-electron chi connectivity index (χ0n) is 7.28. The van der Waals surface area contributed by atoms with Crippen molar-refractivity contribution in [2.24, 2.45) is 0 Å². The Morgan fingerprint density at radius 3 is 2.92 bits per heavy atom. The predicted octanol–water partition coefficient (Wildman–Crippen LogP) is 2.22. The van der Waals surface area contributed by atoms with E-state index in [1.807, 2.05) is 31.2 Å². The first-order chi connectivity index (χ1) is 6.31. The van der Waals surface area contributed by atoms with E-state index in [4.69, 9.17) is 0 Å². The van der Waals surface area contributed by atoms with E-state index in [9.17, 15) is 4.79 Å². The number of nitrogens with zero attached hydrogens (tertiary/aromatic N) is 1. The molecule has 0 aliphatic rings. The Labute approximate surface area is 79.9 Å². The molecule has 0 N–H and O–H groups in total. The minimum absolute atomic E-state index is 0.101. The third kappa shape index (κ3) is 1.47. The quantitative estimate of drug-likeness (QED) is 0.691. The molecule has 0 fully saturated rings. The summed E-state index contributed by atoms with van der Waals surface area (Å²) in [6, 6.07) is 7.89. The molecular weight excluding hydrogens is 182 g/mol. The summed E-state index contributed by atoms with van der Waals surface area (Å²) in [7, 11) is 0. The van der Waals surface area contributed by atoms with Crippen LogP contribution in [0.25, 0.3) is 10.1 Å². The summed E-state index contributed by atoms with van der Waals surface area (Å²) < 4.78 is 1.03. The summed E-state index contributed by atoms with van der Waals surface area (Å²) in [6.07, 6.45) is 0.809. The maximum atomic E-state index is 11.2. The molecule has 2 aromatic rings. The van der Waals surface area contributed by atoms with Crippen molar-refractivity contribution in [2.45, 2.75) is 13.3 Å². The van der Waals surface area contributed by atoms with Crippen LogP contribution >= 0.6 is 11.3 Å². The third-order valence-electron chi connectivity index (χ3n) is 1.96. The smallest absolute Gasteiger partial charge is 0.255 e. The second kappa shape index (κ2) is 3.26. The molecule has 0 radical (unpaired) electrons. The molecule has 0 aliphatic carbocycles. The molecule has 1 aromatic carbocycles. The van der Waals surface area contributed by atoms with Crippen LogP contribution < -0.4 is 4.87 Å². The van der Waals surface area contributed by atoms with Gasteiger partial charge in [-0.25, -0.2) is 4.98 Å². The van der Waals surface area contributed by atoms with Gasteiger partial charge in [-0.15, -0.1) is 0 Å². The van der Waals surface area contributed by atoms with Crippen molar-refractivity contribution in [3.8, 4) is 0 Å². The van der Waals surface area contributed by atoms with Gasteiger partial charge in [-0.1, -0.05) is 36.5 Å². The van der Waals surface area contributed by atoms with Crippen molar-refractivity contribution in [3.05, 3.63) is 39.6 Å². The zero-order chi connectivity index (χ0) is 9.26. The standard InChI is InChI=1S/C10H9NOS/c1-2-8-7-5-3-4-6-9(7)13-10(12)11-8/h3-6H,2H2,1H3. The van der Waals surface area contributed by atoms with Crippen molar-refractivity contribution in [1.82, 2.24) is 4.98 Å². The molecule has 1 aromatic heterocycles. The highest BCUT2D eigenvalue weighted by Crippen LogP contribution is 2.17. The Balaban J connectivity index is 2.89. The molecule has 0 bridgehead atoms. The molecule has 1 heterocycles. The molecule has 0 amide bonds. The van der Waals surface area contributed by atoms with Crippen molar-refractivity contribution in [3.63, 3.8) is 0 Å². The summed E-state index contributed by atoms with van der Waals surface area (Å²) in [5.74, 6) is 0. The molecular formula is C10H9NOS. The molecule has 66 valence electrons. The summed E-state index contributed by atoms with van der Waals surface area (Å²) in [5, 5.41) is 1.11. The SMILES string of the molecule is CCc1nc(=O)sc2ccccc12. The second-order valence-electron chi connectivity index (χ2n) is 2.78. The monoisotopic (exact) mass is 191 g/mol. The maximum absolute atomic E-state index is 11.2. The van der Waals surface area contributed by atoms with Gasteiger partial charge in [0.25, 0.3) is 0 Å². The molecule has 0 atom stereocenters. The average molecular weight is 191 g/mol. The second-order valence-corrected chi connectivity index (χ2v) is 3.77. The largest absolute Gasteiger partial charge is 0.327 e. The Morgan fingerprint density at radius 1 is 1.38 bits per heavy atom. The van der Waals surface area contributed by atoms with Crippen LogP contribution in [0.1, 0.15) is 12.6 Å². The van der Waals surface area contributed by atoms with E-state index >= 15 is 0 Å². The Hall–Kier alpha value is -1.22. The summed E-state index contributed by atoms with van der Waals surface area (Å²) in [6.45, 7) is 2.01. The van der Waals surface area contributed by atoms with E-state index in [0.717, 1.165) is 22.2 Å². The predicted molar refractivity (Wildman–Crippen MR) is 55.3 cm³/mol. The van der Waals surface area contributed by atoms with Crippen LogP contribution in [0.15, 0.2) is 29.1 Å². The van der Waals surface area contributed by atoms with Crippen molar-refractivity contribution in [1.29, 1.82) is 0 Å². The number of benzene rings is 1. The highest BCUT2D eigenvalue weighted by molar-refractivity contribution is 7.16. The lowest BCUT2D eigenvalue weighted by molar-refractivity contribution is 1.05. The van der Waals surface area contributed by atoms with Gasteiger partial charge in [-0.3, -0.25) is 4.79 Å². The molecule has 2 nitrogen and oxygen atoms in total. The topological polar surface area (TPSA) is 30.0 Å². The van der Waals surface area contributed by atoms with E-state index in [1.165, 1.54) is 11.3 Å². The van der Waals surface area contributed by atoms with E-state index in [2.05, 4.69) is 4.98 Å². The lowest BCUT2D eigenvalue weighted by atomic mass is 10.2. The van der Waals surface area contributed by atoms with Gasteiger partial charge in [0.05, 0.1) is 5.69 Å². The van der Waals surface area contributed by atoms with Gasteiger partial charge < -0.3 is 0 Å². The van der Waals surface area contributed by atoms with Gasteiger partial charge in [0.2, 0.25) is 0 Å². The number of aromatic nitrogens is 1. The Bertz CT molecular complexity index is 489. The minimum atomic E-state index is -0.101. The van der Waals surface area contributed by atoms with E-state index < -0.39 is 0 Å². The Kier molecular flexibility index (Phi) is 2.10. The number of hydrogen-bond donors (Lipinski definition) is 0. The van der Waals surface area contributed by atoms with Gasteiger partial charge >= 0.3 is 4.87 Å². The molecule has 0 spiro atoms. The fourth-order valence-electron chi connectivity index (χ4n) is 1.35. The van der Waals surface area contributed by atoms with Gasteiger partial charge in [-0.2, -0.15) is 0 Å². The number of fused-ring (bicyclic) bond motifs is 1. The minimum Gasteiger partial charge on any atom is -0.255 e. The van der Waals surface area contributed by atoms with Crippen LogP contribution in [0.2, 0.25) is 0 Å². The maximum Gasteiger partial charge on any atom is 0.327 e. The number of rotatable bonds is 1. The first-order valence-electron chi connectivity index (χ1n) is 4.20. The average Bonchev–Trinajstić information content (AvgIpc) is 2.16. The van der Waals surface area contributed by atoms with Gasteiger partial charge in [0.1, 0.15) is 0 Å². The fourth-order valence-corrected chi connectivity index (χ4v) is 2.14. The first-order valence-corrected chi connectivity index (χ1v) is 5.01.